The SMILES string of the molecule is CCC1CN(C)CCCN1CC1(C=O)CCCCC1. The van der Waals surface area contributed by atoms with Crippen molar-refractivity contribution in [3.63, 3.8) is 0 Å². The molecule has 19 heavy (non-hydrogen) atoms. The molecule has 0 bridgehead atoms. The lowest BCUT2D eigenvalue weighted by Gasteiger charge is -2.40. The minimum atomic E-state index is -0.0332. The maximum atomic E-state index is 11.7. The number of nitrogens with zero attached hydrogens (tertiary/aromatic N) is 2. The normalized spacial score (nSPS) is 29.9. The van der Waals surface area contributed by atoms with Gasteiger partial charge in [0.15, 0.2) is 0 Å². The number of carbonyl (C=O) groups excluding carboxylic acids is 1. The lowest BCUT2D eigenvalue weighted by molar-refractivity contribution is -0.119. The molecule has 2 rings (SSSR count). The predicted octanol–water partition coefficient (Wildman–Crippen LogP) is 2.55. The molecule has 0 aromatic rings. The van der Waals surface area contributed by atoms with Crippen molar-refractivity contribution in [3.05, 3.63) is 0 Å². The van der Waals surface area contributed by atoms with Crippen LogP contribution >= 0.6 is 0 Å². The molecule has 0 N–H and O–H groups in total. The molecule has 1 saturated heterocycles. The minimum absolute atomic E-state index is 0.0332. The molecule has 0 amide bonds. The van der Waals surface area contributed by atoms with E-state index in [1.54, 1.807) is 0 Å². The van der Waals surface area contributed by atoms with Crippen molar-refractivity contribution >= 4 is 6.29 Å². The monoisotopic (exact) mass is 266 g/mol. The first kappa shape index (κ1) is 15.0. The van der Waals surface area contributed by atoms with E-state index in [0.29, 0.717) is 6.04 Å². The van der Waals surface area contributed by atoms with Crippen molar-refractivity contribution in [1.29, 1.82) is 0 Å². The van der Waals surface area contributed by atoms with Crippen LogP contribution in [0.15, 0.2) is 0 Å². The third kappa shape index (κ3) is 3.79. The fraction of sp³-hybridized carbons (Fsp3) is 0.938. The van der Waals surface area contributed by atoms with Gasteiger partial charge >= 0.3 is 0 Å². The zero-order valence-electron chi connectivity index (χ0n) is 12.7. The van der Waals surface area contributed by atoms with E-state index in [1.165, 1.54) is 51.5 Å². The molecule has 1 aliphatic heterocycles. The van der Waals surface area contributed by atoms with E-state index in [0.717, 1.165) is 25.9 Å². The van der Waals surface area contributed by atoms with Crippen LogP contribution in [0.5, 0.6) is 0 Å². The summed E-state index contributed by atoms with van der Waals surface area (Å²) >= 11 is 0. The summed E-state index contributed by atoms with van der Waals surface area (Å²) in [5, 5.41) is 0. The Labute approximate surface area is 118 Å². The summed E-state index contributed by atoms with van der Waals surface area (Å²) in [5.74, 6) is 0. The Morgan fingerprint density at radius 2 is 1.89 bits per heavy atom. The Hall–Kier alpha value is -0.410. The van der Waals surface area contributed by atoms with Gasteiger partial charge in [-0.15, -0.1) is 0 Å². The van der Waals surface area contributed by atoms with E-state index >= 15 is 0 Å². The van der Waals surface area contributed by atoms with Gasteiger partial charge in [0.2, 0.25) is 0 Å². The van der Waals surface area contributed by atoms with Crippen molar-refractivity contribution in [2.24, 2.45) is 5.41 Å². The van der Waals surface area contributed by atoms with Gasteiger partial charge in [-0.05, 0) is 45.8 Å². The maximum Gasteiger partial charge on any atom is 0.127 e. The van der Waals surface area contributed by atoms with Crippen molar-refractivity contribution < 1.29 is 4.79 Å². The van der Waals surface area contributed by atoms with Crippen LogP contribution in [0.4, 0.5) is 0 Å². The highest BCUT2D eigenvalue weighted by Crippen LogP contribution is 2.36. The first-order chi connectivity index (χ1) is 9.19. The highest BCUT2D eigenvalue weighted by atomic mass is 16.1. The number of hydrogen-bond donors (Lipinski definition) is 0. The largest absolute Gasteiger partial charge is 0.305 e. The van der Waals surface area contributed by atoms with Gasteiger partial charge in [-0.25, -0.2) is 0 Å². The molecule has 1 aliphatic carbocycles. The number of rotatable bonds is 4. The summed E-state index contributed by atoms with van der Waals surface area (Å²) in [5.41, 5.74) is -0.0332. The van der Waals surface area contributed by atoms with Crippen LogP contribution in [0.3, 0.4) is 0 Å². The zero-order chi connectivity index (χ0) is 13.7. The van der Waals surface area contributed by atoms with Gasteiger partial charge in [-0.3, -0.25) is 4.90 Å². The van der Waals surface area contributed by atoms with E-state index in [2.05, 4.69) is 23.8 Å². The summed E-state index contributed by atoms with van der Waals surface area (Å²) < 4.78 is 0. The molecule has 0 aromatic heterocycles. The molecular formula is C16H30N2O. The fourth-order valence-corrected chi connectivity index (χ4v) is 3.86. The lowest BCUT2D eigenvalue weighted by atomic mass is 9.74. The van der Waals surface area contributed by atoms with E-state index in [9.17, 15) is 4.79 Å². The zero-order valence-corrected chi connectivity index (χ0v) is 12.7. The second kappa shape index (κ2) is 6.85. The fourth-order valence-electron chi connectivity index (χ4n) is 3.86. The number of aldehydes is 1. The molecule has 1 atom stereocenters. The Morgan fingerprint density at radius 1 is 1.16 bits per heavy atom. The quantitative estimate of drug-likeness (QED) is 0.731. The molecule has 3 heteroatoms. The Kier molecular flexibility index (Phi) is 5.40. The third-order valence-electron chi connectivity index (χ3n) is 5.11. The first-order valence-electron chi connectivity index (χ1n) is 8.08. The Bertz CT molecular complexity index is 286. The van der Waals surface area contributed by atoms with E-state index < -0.39 is 0 Å². The minimum Gasteiger partial charge on any atom is -0.305 e. The van der Waals surface area contributed by atoms with Crippen LogP contribution < -0.4 is 0 Å². The summed E-state index contributed by atoms with van der Waals surface area (Å²) in [6.45, 7) is 6.80. The summed E-state index contributed by atoms with van der Waals surface area (Å²) in [6, 6.07) is 0.631. The van der Waals surface area contributed by atoms with Crippen LogP contribution in [0.25, 0.3) is 0 Å². The molecule has 110 valence electrons. The average molecular weight is 266 g/mol. The molecule has 1 unspecified atom stereocenters. The standard InChI is InChI=1S/C16H30N2O/c1-3-15-12-17(2)10-7-11-18(15)13-16(14-19)8-5-4-6-9-16/h14-15H,3-13H2,1-2H3. The molecule has 1 saturated carbocycles. The second-order valence-corrected chi connectivity index (χ2v) is 6.69. The third-order valence-corrected chi connectivity index (χ3v) is 5.11. The van der Waals surface area contributed by atoms with Crippen molar-refractivity contribution in [2.45, 2.75) is 57.9 Å². The number of hydrogen-bond acceptors (Lipinski definition) is 3. The maximum absolute atomic E-state index is 11.7. The highest BCUT2D eigenvalue weighted by Gasteiger charge is 2.35. The van der Waals surface area contributed by atoms with E-state index in [-0.39, 0.29) is 5.41 Å². The summed E-state index contributed by atoms with van der Waals surface area (Å²) in [4.78, 5) is 16.7. The van der Waals surface area contributed by atoms with Gasteiger partial charge in [0.25, 0.3) is 0 Å². The summed E-state index contributed by atoms with van der Waals surface area (Å²) in [7, 11) is 2.22. The topological polar surface area (TPSA) is 23.6 Å². The molecular weight excluding hydrogens is 236 g/mol. The van der Waals surface area contributed by atoms with Crippen molar-refractivity contribution in [3.8, 4) is 0 Å². The van der Waals surface area contributed by atoms with Crippen LogP contribution in [0.1, 0.15) is 51.9 Å². The smallest absolute Gasteiger partial charge is 0.127 e. The van der Waals surface area contributed by atoms with Crippen LogP contribution in [0, 0.1) is 5.41 Å². The van der Waals surface area contributed by atoms with Gasteiger partial charge in [0, 0.05) is 24.5 Å². The summed E-state index contributed by atoms with van der Waals surface area (Å²) in [6.07, 6.45) is 9.73. The van der Waals surface area contributed by atoms with Gasteiger partial charge < -0.3 is 9.69 Å². The van der Waals surface area contributed by atoms with Gasteiger partial charge in [-0.1, -0.05) is 26.2 Å². The Morgan fingerprint density at radius 3 is 2.53 bits per heavy atom. The molecule has 2 fully saturated rings. The molecule has 3 nitrogen and oxygen atoms in total. The van der Waals surface area contributed by atoms with Gasteiger partial charge in [0.1, 0.15) is 6.29 Å². The van der Waals surface area contributed by atoms with Crippen molar-refractivity contribution in [2.75, 3.05) is 33.2 Å². The van der Waals surface area contributed by atoms with Gasteiger partial charge in [0.05, 0.1) is 0 Å². The van der Waals surface area contributed by atoms with E-state index in [1.807, 2.05) is 0 Å². The van der Waals surface area contributed by atoms with Crippen molar-refractivity contribution in [1.82, 2.24) is 9.80 Å². The lowest BCUT2D eigenvalue weighted by Crippen LogP contribution is -2.47. The first-order valence-corrected chi connectivity index (χ1v) is 8.08. The van der Waals surface area contributed by atoms with Crippen LogP contribution in [-0.2, 0) is 4.79 Å². The second-order valence-electron chi connectivity index (χ2n) is 6.69. The van der Waals surface area contributed by atoms with Gasteiger partial charge in [-0.2, -0.15) is 0 Å². The van der Waals surface area contributed by atoms with E-state index in [4.69, 9.17) is 0 Å². The molecule has 1 heterocycles. The molecule has 2 aliphatic rings. The average Bonchev–Trinajstić information content (AvgIpc) is 2.61. The number of carbonyl (C=O) groups is 1. The predicted molar refractivity (Wildman–Crippen MR) is 79.3 cm³/mol. The molecule has 0 aromatic carbocycles. The highest BCUT2D eigenvalue weighted by molar-refractivity contribution is 5.60. The van der Waals surface area contributed by atoms with Crippen LogP contribution in [-0.4, -0.2) is 55.4 Å². The molecule has 0 radical (unpaired) electrons. The Balaban J connectivity index is 2.03. The number of likely N-dealkylation sites (N-methyl/N-ethyl adjacent to an activating group) is 1. The van der Waals surface area contributed by atoms with Crippen LogP contribution in [0.2, 0.25) is 0 Å². The molecule has 0 spiro atoms.